The minimum atomic E-state index is -3.22. The van der Waals surface area contributed by atoms with Gasteiger partial charge in [-0.05, 0) is 50.7 Å². The molecule has 0 spiro atoms. The lowest BCUT2D eigenvalue weighted by Gasteiger charge is -2.53. The average molecular weight is 808 g/mol. The SMILES string of the molecule is CC(C)(C)[Si](C)(C)OC[C@H]1C(=O)N(C(C(=O)O)=P(c2ccccc2)(c2ccccc2)c2ccccc2)[C@@H]1SC(c1ccccc1)(c1ccccc1)c1ccccc1. The molecule has 5 nitrogen and oxygen atoms in total. The zero-order chi connectivity index (χ0) is 40.3. The van der Waals surface area contributed by atoms with Crippen LogP contribution in [-0.4, -0.2) is 47.6 Å². The van der Waals surface area contributed by atoms with E-state index in [1.807, 2.05) is 146 Å². The number of β-lactam (4-membered cyclic amide) rings is 1. The highest BCUT2D eigenvalue weighted by Crippen LogP contribution is 2.57. The third kappa shape index (κ3) is 7.39. The Morgan fingerprint density at radius 2 is 0.965 bits per heavy atom. The Morgan fingerprint density at radius 3 is 1.28 bits per heavy atom. The van der Waals surface area contributed by atoms with Crippen LogP contribution in [0.5, 0.6) is 0 Å². The summed E-state index contributed by atoms with van der Waals surface area (Å²) in [6.45, 7) is 7.95. The normalized spacial score (nSPS) is 16.2. The van der Waals surface area contributed by atoms with Gasteiger partial charge in [0.1, 0.15) is 5.42 Å². The van der Waals surface area contributed by atoms with Crippen molar-refractivity contribution in [3.8, 4) is 0 Å². The lowest BCUT2D eigenvalue weighted by molar-refractivity contribution is -0.147. The van der Waals surface area contributed by atoms with Gasteiger partial charge < -0.3 is 9.53 Å². The second kappa shape index (κ2) is 16.5. The zero-order valence-electron chi connectivity index (χ0n) is 33.2. The van der Waals surface area contributed by atoms with Crippen molar-refractivity contribution in [1.29, 1.82) is 0 Å². The molecule has 0 aromatic heterocycles. The smallest absolute Gasteiger partial charge is 0.353 e. The van der Waals surface area contributed by atoms with E-state index in [1.54, 1.807) is 16.7 Å². The number of likely N-dealkylation sites (tertiary alicyclic amines) is 1. The topological polar surface area (TPSA) is 66.8 Å². The average Bonchev–Trinajstić information content (AvgIpc) is 3.23. The first-order valence-corrected chi connectivity index (χ1v) is 25.0. The van der Waals surface area contributed by atoms with E-state index in [0.717, 1.165) is 32.6 Å². The fourth-order valence-electron chi connectivity index (χ4n) is 7.63. The highest BCUT2D eigenvalue weighted by atomic mass is 32.2. The van der Waals surface area contributed by atoms with Crippen molar-refractivity contribution in [1.82, 2.24) is 4.90 Å². The molecular weight excluding hydrogens is 758 g/mol. The van der Waals surface area contributed by atoms with Gasteiger partial charge in [-0.25, -0.2) is 4.79 Å². The van der Waals surface area contributed by atoms with E-state index in [4.69, 9.17) is 4.43 Å². The standard InChI is InChI=1S/C49H50NO4PSSi/c1-48(2,3)57(4,5)54-36-43-44(51)50(46(43)56-49(37-24-12-6-13-25-37,38-26-14-7-15-27-38)39-28-16-8-17-29-39)45(47(52)53)55(40-30-18-9-19-31-40,41-32-20-10-21-33-41)42-34-22-11-23-35-42/h6-35,43,46H,36H2,1-5H3,(H,52,53)/t43-,46+/m0/s1. The van der Waals surface area contributed by atoms with Crippen LogP contribution in [0, 0.1) is 5.92 Å². The molecule has 1 heterocycles. The van der Waals surface area contributed by atoms with Gasteiger partial charge in [0.05, 0.1) is 16.0 Å². The van der Waals surface area contributed by atoms with Crippen LogP contribution in [-0.2, 0) is 18.8 Å². The first-order valence-electron chi connectivity index (χ1n) is 19.4. The Kier molecular flexibility index (Phi) is 11.7. The third-order valence-electron chi connectivity index (χ3n) is 11.6. The van der Waals surface area contributed by atoms with E-state index in [2.05, 4.69) is 70.3 Å². The van der Waals surface area contributed by atoms with Crippen LogP contribution >= 0.6 is 18.6 Å². The summed E-state index contributed by atoms with van der Waals surface area (Å²) in [5.41, 5.74) is 3.19. The molecule has 0 aliphatic carbocycles. The molecule has 1 saturated heterocycles. The van der Waals surface area contributed by atoms with Gasteiger partial charge in [-0.1, -0.05) is 203 Å². The minimum absolute atomic E-state index is 0.0864. The molecule has 0 saturated carbocycles. The Morgan fingerprint density at radius 1 is 0.632 bits per heavy atom. The predicted octanol–water partition coefficient (Wildman–Crippen LogP) is 9.73. The molecule has 1 aliphatic heterocycles. The molecule has 1 fully saturated rings. The summed E-state index contributed by atoms with van der Waals surface area (Å²) in [6, 6.07) is 60.8. The van der Waals surface area contributed by atoms with Gasteiger partial charge in [-0.2, -0.15) is 0 Å². The second-order valence-corrected chi connectivity index (χ2v) is 25.4. The summed E-state index contributed by atoms with van der Waals surface area (Å²) in [5, 5.41) is 13.7. The lowest BCUT2D eigenvalue weighted by Crippen LogP contribution is -2.66. The quantitative estimate of drug-likeness (QED) is 0.0545. The van der Waals surface area contributed by atoms with Gasteiger partial charge in [0, 0.05) is 13.5 Å². The Hall–Kier alpha value is -4.91. The van der Waals surface area contributed by atoms with Crippen LogP contribution in [0.2, 0.25) is 18.1 Å². The van der Waals surface area contributed by atoms with Gasteiger partial charge in [-0.3, -0.25) is 9.69 Å². The van der Waals surface area contributed by atoms with E-state index < -0.39 is 37.2 Å². The van der Waals surface area contributed by atoms with Crippen LogP contribution in [0.3, 0.4) is 0 Å². The fraction of sp³-hybridized carbons (Fsp3) is 0.204. The van der Waals surface area contributed by atoms with Crippen LogP contribution < -0.4 is 15.9 Å². The zero-order valence-corrected chi connectivity index (χ0v) is 35.9. The van der Waals surface area contributed by atoms with Crippen molar-refractivity contribution in [2.75, 3.05) is 6.61 Å². The summed E-state index contributed by atoms with van der Waals surface area (Å²) in [7, 11) is -2.32. The number of rotatable bonds is 13. The van der Waals surface area contributed by atoms with Crippen molar-refractivity contribution in [3.05, 3.63) is 199 Å². The first-order chi connectivity index (χ1) is 27.4. The fourth-order valence-corrected chi connectivity index (χ4v) is 14.9. The molecular formula is C49H50NO4PSSi. The van der Waals surface area contributed by atoms with Crippen molar-refractivity contribution in [2.24, 2.45) is 5.92 Å². The van der Waals surface area contributed by atoms with Gasteiger partial charge in [0.2, 0.25) is 5.91 Å². The summed E-state index contributed by atoms with van der Waals surface area (Å²) < 4.78 is 6.05. The molecule has 1 N–H and O–H groups in total. The van der Waals surface area contributed by atoms with Crippen LogP contribution in [0.4, 0.5) is 0 Å². The van der Waals surface area contributed by atoms with Gasteiger partial charge in [-0.15, -0.1) is 11.8 Å². The molecule has 6 aromatic carbocycles. The highest BCUT2D eigenvalue weighted by molar-refractivity contribution is 8.01. The van der Waals surface area contributed by atoms with Crippen LogP contribution in [0.15, 0.2) is 182 Å². The third-order valence-corrected chi connectivity index (χ3v) is 22.2. The molecule has 1 aliphatic rings. The molecule has 1 amide bonds. The number of carboxylic acid groups (broad SMARTS) is 1. The maximum Gasteiger partial charge on any atom is 0.353 e. The number of carboxylic acids is 1. The Balaban J connectivity index is 1.56. The summed E-state index contributed by atoms with van der Waals surface area (Å²) >= 11 is 1.64. The number of amides is 1. The number of thioether (sulfide) groups is 1. The number of aliphatic carboxylic acids is 1. The maximum atomic E-state index is 15.3. The number of hydrogen-bond donors (Lipinski definition) is 1. The van der Waals surface area contributed by atoms with Crippen molar-refractivity contribution in [3.63, 3.8) is 0 Å². The van der Waals surface area contributed by atoms with Gasteiger partial charge >= 0.3 is 5.97 Å². The molecule has 0 unspecified atom stereocenters. The Labute approximate surface area is 342 Å². The van der Waals surface area contributed by atoms with Gasteiger partial charge in [0.25, 0.3) is 0 Å². The van der Waals surface area contributed by atoms with E-state index in [1.165, 1.54) is 0 Å². The first kappa shape index (κ1) is 40.3. The number of carbonyl (C=O) groups is 2. The number of nitrogens with zero attached hydrogens (tertiary/aromatic N) is 1. The summed E-state index contributed by atoms with van der Waals surface area (Å²) in [6.07, 6.45) is 0. The molecule has 0 radical (unpaired) electrons. The predicted molar refractivity (Wildman–Crippen MR) is 242 cm³/mol. The van der Waals surface area contributed by atoms with Crippen LogP contribution in [0.25, 0.3) is 0 Å². The molecule has 57 heavy (non-hydrogen) atoms. The number of benzene rings is 6. The molecule has 6 aromatic rings. The second-order valence-electron chi connectivity index (χ2n) is 16.0. The van der Waals surface area contributed by atoms with E-state index in [0.29, 0.717) is 0 Å². The van der Waals surface area contributed by atoms with Crippen molar-refractivity contribution in [2.45, 2.75) is 49.0 Å². The minimum Gasteiger partial charge on any atom is -0.477 e. The molecule has 8 heteroatoms. The maximum absolute atomic E-state index is 15.3. The van der Waals surface area contributed by atoms with Gasteiger partial charge in [0.15, 0.2) is 8.32 Å². The Bertz CT molecular complexity index is 2150. The number of carbonyl (C=O) groups excluding carboxylic acids is 1. The largest absolute Gasteiger partial charge is 0.477 e. The highest BCUT2D eigenvalue weighted by Gasteiger charge is 2.57. The van der Waals surface area contributed by atoms with E-state index in [9.17, 15) is 9.90 Å². The number of hydrogen-bond acceptors (Lipinski definition) is 4. The molecule has 2 atom stereocenters. The molecule has 7 rings (SSSR count). The molecule has 290 valence electrons. The summed E-state index contributed by atoms with van der Waals surface area (Å²) in [5.74, 6) is -1.97. The monoisotopic (exact) mass is 807 g/mol. The lowest BCUT2D eigenvalue weighted by atomic mass is 9.84. The van der Waals surface area contributed by atoms with Crippen LogP contribution in [0.1, 0.15) is 37.5 Å². The summed E-state index contributed by atoms with van der Waals surface area (Å²) in [4.78, 5) is 31.4. The van der Waals surface area contributed by atoms with Crippen molar-refractivity contribution < 1.29 is 19.1 Å². The molecule has 0 bridgehead atoms. The van der Waals surface area contributed by atoms with Crippen molar-refractivity contribution >= 4 is 60.2 Å². The van der Waals surface area contributed by atoms with E-state index >= 15 is 4.79 Å². The van der Waals surface area contributed by atoms with E-state index in [-0.39, 0.29) is 23.0 Å².